The summed E-state index contributed by atoms with van der Waals surface area (Å²) < 4.78 is 7.37. The van der Waals surface area contributed by atoms with Crippen molar-refractivity contribution in [1.29, 1.82) is 0 Å². The molecule has 220 valence electrons. The third-order valence-corrected chi connectivity index (χ3v) is 7.98. The van der Waals surface area contributed by atoms with Crippen molar-refractivity contribution in [2.24, 2.45) is 0 Å². The minimum Gasteiger partial charge on any atom is -0.497 e. The molecular formula is C34H32Cl2N4O3. The molecule has 0 fully saturated rings. The molecule has 1 atom stereocenters. The summed E-state index contributed by atoms with van der Waals surface area (Å²) in [5, 5.41) is 13.7. The number of rotatable bonds is 9. The predicted octanol–water partition coefficient (Wildman–Crippen LogP) is 7.47. The lowest BCUT2D eigenvalue weighted by Gasteiger charge is -2.20. The number of nitrogens with zero attached hydrogens (tertiary/aromatic N) is 2. The van der Waals surface area contributed by atoms with Crippen LogP contribution < -0.4 is 15.4 Å². The summed E-state index contributed by atoms with van der Waals surface area (Å²) in [5.41, 5.74) is 5.69. The maximum atomic E-state index is 13.3. The number of nitrogens with one attached hydrogen (secondary N) is 2. The van der Waals surface area contributed by atoms with E-state index in [0.717, 1.165) is 50.2 Å². The highest BCUT2D eigenvalue weighted by Crippen LogP contribution is 2.38. The number of aromatic nitrogens is 2. The largest absolute Gasteiger partial charge is 0.497 e. The summed E-state index contributed by atoms with van der Waals surface area (Å²) in [7, 11) is 3.23. The lowest BCUT2D eigenvalue weighted by molar-refractivity contribution is -0.120. The molecule has 0 spiro atoms. The lowest BCUT2D eigenvalue weighted by atomic mass is 9.98. The standard InChI is InChI=1S/C34H32Cl2N4O3/c1-20-32(25-16-26(35)19-27(36)17-25)39-40(33(20)24-10-9-23-18-28(43-4)12-11-22(23)15-24)21(2)29-7-5-6-8-30(29)34(42)38-14-13-31(41)37-3/h5-12,15-19,21H,13-14H2,1-4H3,(H,37,41)(H,38,42). The van der Waals surface area contributed by atoms with Gasteiger partial charge in [-0.25, -0.2) is 0 Å². The molecule has 9 heteroatoms. The van der Waals surface area contributed by atoms with E-state index in [1.165, 1.54) is 0 Å². The van der Waals surface area contributed by atoms with Gasteiger partial charge in [0, 0.05) is 52.3 Å². The number of hydrogen-bond acceptors (Lipinski definition) is 4. The number of amides is 2. The fourth-order valence-electron chi connectivity index (χ4n) is 5.32. The van der Waals surface area contributed by atoms with Gasteiger partial charge in [0.05, 0.1) is 24.5 Å². The minimum absolute atomic E-state index is 0.138. The van der Waals surface area contributed by atoms with Crippen LogP contribution in [0.1, 0.15) is 40.9 Å². The second kappa shape index (κ2) is 12.9. The minimum atomic E-state index is -0.329. The molecule has 2 N–H and O–H groups in total. The van der Waals surface area contributed by atoms with Gasteiger partial charge in [-0.05, 0) is 72.6 Å². The summed E-state index contributed by atoms with van der Waals surface area (Å²) in [6.45, 7) is 4.29. The molecule has 5 rings (SSSR count). The van der Waals surface area contributed by atoms with Gasteiger partial charge in [0.1, 0.15) is 5.75 Å². The SMILES string of the molecule is CNC(=O)CCNC(=O)c1ccccc1C(C)n1nc(-c2cc(Cl)cc(Cl)c2)c(C)c1-c1ccc2cc(OC)ccc2c1. The molecule has 0 aliphatic carbocycles. The Morgan fingerprint density at radius 3 is 2.35 bits per heavy atom. The lowest BCUT2D eigenvalue weighted by Crippen LogP contribution is -2.30. The highest BCUT2D eigenvalue weighted by Gasteiger charge is 2.25. The van der Waals surface area contributed by atoms with Crippen molar-refractivity contribution in [2.75, 3.05) is 20.7 Å². The molecule has 4 aromatic carbocycles. The molecule has 1 heterocycles. The number of hydrogen-bond donors (Lipinski definition) is 2. The molecule has 43 heavy (non-hydrogen) atoms. The highest BCUT2D eigenvalue weighted by molar-refractivity contribution is 6.35. The Kier molecular flexibility index (Phi) is 9.04. The summed E-state index contributed by atoms with van der Waals surface area (Å²) in [5.74, 6) is 0.403. The first-order valence-corrected chi connectivity index (χ1v) is 14.7. The Labute approximate surface area is 260 Å². The van der Waals surface area contributed by atoms with Crippen LogP contribution in [0.5, 0.6) is 5.75 Å². The monoisotopic (exact) mass is 614 g/mol. The van der Waals surface area contributed by atoms with Crippen LogP contribution in [0.15, 0.2) is 78.9 Å². The number of benzene rings is 4. The summed E-state index contributed by atoms with van der Waals surface area (Å²) in [6, 6.07) is 24.8. The normalized spacial score (nSPS) is 11.8. The average molecular weight is 616 g/mol. The number of halogens is 2. The Bertz CT molecular complexity index is 1810. The zero-order valence-corrected chi connectivity index (χ0v) is 25.9. The second-order valence-corrected chi connectivity index (χ2v) is 11.2. The molecule has 7 nitrogen and oxygen atoms in total. The van der Waals surface area contributed by atoms with Crippen LogP contribution >= 0.6 is 23.2 Å². The van der Waals surface area contributed by atoms with Gasteiger partial charge in [-0.15, -0.1) is 0 Å². The Morgan fingerprint density at radius 2 is 1.63 bits per heavy atom. The molecule has 1 aromatic heterocycles. The smallest absolute Gasteiger partial charge is 0.251 e. The maximum Gasteiger partial charge on any atom is 0.251 e. The number of fused-ring (bicyclic) bond motifs is 1. The molecule has 0 saturated heterocycles. The van der Waals surface area contributed by atoms with E-state index in [9.17, 15) is 9.59 Å². The number of methoxy groups -OCH3 is 1. The van der Waals surface area contributed by atoms with Crippen molar-refractivity contribution in [1.82, 2.24) is 20.4 Å². The van der Waals surface area contributed by atoms with Gasteiger partial charge >= 0.3 is 0 Å². The van der Waals surface area contributed by atoms with Crippen LogP contribution in [0, 0.1) is 6.92 Å². The fourth-order valence-corrected chi connectivity index (χ4v) is 5.84. The maximum absolute atomic E-state index is 13.3. The molecule has 0 aliphatic heterocycles. The van der Waals surface area contributed by atoms with E-state index in [-0.39, 0.29) is 30.8 Å². The Hall–Kier alpha value is -4.33. The van der Waals surface area contributed by atoms with Gasteiger partial charge in [-0.1, -0.05) is 59.6 Å². The van der Waals surface area contributed by atoms with E-state index >= 15 is 0 Å². The van der Waals surface area contributed by atoms with E-state index in [1.807, 2.05) is 67.1 Å². The summed E-state index contributed by atoms with van der Waals surface area (Å²) >= 11 is 12.8. The van der Waals surface area contributed by atoms with E-state index in [0.29, 0.717) is 15.6 Å². The van der Waals surface area contributed by atoms with E-state index in [2.05, 4.69) is 28.8 Å². The Morgan fingerprint density at radius 1 is 0.930 bits per heavy atom. The third kappa shape index (κ3) is 6.38. The summed E-state index contributed by atoms with van der Waals surface area (Å²) in [4.78, 5) is 25.0. The number of carbonyl (C=O) groups excluding carboxylic acids is 2. The van der Waals surface area contributed by atoms with Crippen molar-refractivity contribution in [3.05, 3.63) is 106 Å². The second-order valence-electron chi connectivity index (χ2n) is 10.3. The van der Waals surface area contributed by atoms with Crippen molar-refractivity contribution in [2.45, 2.75) is 26.3 Å². The predicted molar refractivity (Wildman–Crippen MR) is 173 cm³/mol. The first-order valence-electron chi connectivity index (χ1n) is 13.9. The van der Waals surface area contributed by atoms with Gasteiger partial charge in [-0.2, -0.15) is 5.10 Å². The van der Waals surface area contributed by atoms with Crippen molar-refractivity contribution < 1.29 is 14.3 Å². The number of ether oxygens (including phenoxy) is 1. The van der Waals surface area contributed by atoms with Gasteiger partial charge in [0.25, 0.3) is 5.91 Å². The zero-order chi connectivity index (χ0) is 30.7. The van der Waals surface area contributed by atoms with Crippen LogP contribution in [0.2, 0.25) is 10.0 Å². The van der Waals surface area contributed by atoms with E-state index < -0.39 is 0 Å². The molecule has 1 unspecified atom stereocenters. The van der Waals surface area contributed by atoms with Crippen molar-refractivity contribution in [3.8, 4) is 28.3 Å². The highest BCUT2D eigenvalue weighted by atomic mass is 35.5. The summed E-state index contributed by atoms with van der Waals surface area (Å²) in [6.07, 6.45) is 0.196. The molecule has 0 bridgehead atoms. The molecule has 0 radical (unpaired) electrons. The molecule has 5 aromatic rings. The molecule has 0 aliphatic rings. The van der Waals surface area contributed by atoms with Crippen LogP contribution in [0.4, 0.5) is 0 Å². The fraction of sp³-hybridized carbons (Fsp3) is 0.206. The van der Waals surface area contributed by atoms with Crippen molar-refractivity contribution >= 4 is 45.8 Å². The van der Waals surface area contributed by atoms with Gasteiger partial charge < -0.3 is 15.4 Å². The first-order chi connectivity index (χ1) is 20.7. The van der Waals surface area contributed by atoms with Gasteiger partial charge in [0.15, 0.2) is 0 Å². The van der Waals surface area contributed by atoms with Crippen molar-refractivity contribution in [3.63, 3.8) is 0 Å². The third-order valence-electron chi connectivity index (χ3n) is 7.54. The molecular weight excluding hydrogens is 583 g/mol. The quantitative estimate of drug-likeness (QED) is 0.180. The first kappa shape index (κ1) is 30.1. The topological polar surface area (TPSA) is 85.3 Å². The van der Waals surface area contributed by atoms with E-state index in [1.54, 1.807) is 26.3 Å². The van der Waals surface area contributed by atoms with Gasteiger partial charge in [-0.3, -0.25) is 14.3 Å². The molecule has 0 saturated carbocycles. The average Bonchev–Trinajstić information content (AvgIpc) is 3.36. The zero-order valence-electron chi connectivity index (χ0n) is 24.4. The Balaban J connectivity index is 1.63. The van der Waals surface area contributed by atoms with Crippen LogP contribution in [0.25, 0.3) is 33.3 Å². The van der Waals surface area contributed by atoms with Crippen LogP contribution in [-0.2, 0) is 4.79 Å². The molecule has 2 amide bonds. The van der Waals surface area contributed by atoms with Crippen LogP contribution in [0.3, 0.4) is 0 Å². The van der Waals surface area contributed by atoms with Crippen LogP contribution in [-0.4, -0.2) is 42.3 Å². The van der Waals surface area contributed by atoms with Gasteiger partial charge in [0.2, 0.25) is 5.91 Å². The van der Waals surface area contributed by atoms with E-state index in [4.69, 9.17) is 33.0 Å². The number of carbonyl (C=O) groups is 2.